The van der Waals surface area contributed by atoms with Crippen molar-refractivity contribution in [2.24, 2.45) is 23.8 Å². The summed E-state index contributed by atoms with van der Waals surface area (Å²) >= 11 is 0. The van der Waals surface area contributed by atoms with Gasteiger partial charge in [-0.1, -0.05) is 6.92 Å². The quantitative estimate of drug-likeness (QED) is 0.780. The lowest BCUT2D eigenvalue weighted by Crippen LogP contribution is -2.49. The number of likely N-dealkylation sites (tertiary alicyclic amines) is 3. The number of fused-ring (bicyclic) bond motifs is 2. The normalized spacial score (nSPS) is 32.3. The van der Waals surface area contributed by atoms with Gasteiger partial charge in [-0.15, -0.1) is 0 Å². The molecule has 2 atom stereocenters. The van der Waals surface area contributed by atoms with Gasteiger partial charge in [0.15, 0.2) is 0 Å². The molecule has 3 aliphatic heterocycles. The Morgan fingerprint density at radius 2 is 1.86 bits per heavy atom. The topological polar surface area (TPSA) is 44.6 Å². The van der Waals surface area contributed by atoms with E-state index in [-0.39, 0.29) is 5.41 Å². The Morgan fingerprint density at radius 1 is 1.10 bits per heavy atom. The first-order valence-electron chi connectivity index (χ1n) is 11.8. The van der Waals surface area contributed by atoms with Crippen LogP contribution < -0.4 is 0 Å². The van der Waals surface area contributed by atoms with Crippen molar-refractivity contribution < 1.29 is 4.79 Å². The van der Waals surface area contributed by atoms with Crippen LogP contribution in [0.1, 0.15) is 51.0 Å². The van der Waals surface area contributed by atoms with Crippen molar-refractivity contribution in [3.8, 4) is 0 Å². The van der Waals surface area contributed by atoms with E-state index in [4.69, 9.17) is 0 Å². The second-order valence-corrected chi connectivity index (χ2v) is 10.2. The number of nitrogens with zero attached hydrogens (tertiary/aromatic N) is 5. The van der Waals surface area contributed by atoms with Crippen molar-refractivity contribution >= 4 is 5.91 Å². The van der Waals surface area contributed by atoms with Gasteiger partial charge < -0.3 is 9.80 Å². The first-order chi connectivity index (χ1) is 14.0. The lowest BCUT2D eigenvalue weighted by Gasteiger charge is -2.45. The van der Waals surface area contributed by atoms with Gasteiger partial charge in [0.05, 0.1) is 11.6 Å². The van der Waals surface area contributed by atoms with Crippen LogP contribution in [0.3, 0.4) is 0 Å². The third-order valence-corrected chi connectivity index (χ3v) is 8.70. The molecule has 0 bridgehead atoms. The predicted octanol–water partition coefficient (Wildman–Crippen LogP) is 2.36. The molecule has 1 aromatic heterocycles. The van der Waals surface area contributed by atoms with Crippen LogP contribution in [-0.2, 0) is 18.4 Å². The van der Waals surface area contributed by atoms with Gasteiger partial charge in [0.25, 0.3) is 0 Å². The average Bonchev–Trinajstić information content (AvgIpc) is 3.50. The third-order valence-electron chi connectivity index (χ3n) is 8.70. The molecule has 4 aliphatic rings. The lowest BCUT2D eigenvalue weighted by atomic mass is 9.65. The second-order valence-electron chi connectivity index (χ2n) is 10.2. The number of carbonyl (C=O) groups is 1. The highest BCUT2D eigenvalue weighted by Crippen LogP contribution is 2.62. The van der Waals surface area contributed by atoms with Gasteiger partial charge in [0.2, 0.25) is 5.91 Å². The number of hydrogen-bond donors (Lipinski definition) is 0. The molecule has 5 rings (SSSR count). The molecule has 0 unspecified atom stereocenters. The molecule has 6 nitrogen and oxygen atoms in total. The molecule has 3 saturated heterocycles. The molecule has 0 radical (unpaired) electrons. The van der Waals surface area contributed by atoms with Crippen molar-refractivity contribution in [2.75, 3.05) is 45.8 Å². The van der Waals surface area contributed by atoms with Crippen molar-refractivity contribution in [1.29, 1.82) is 0 Å². The van der Waals surface area contributed by atoms with E-state index in [1.165, 1.54) is 37.7 Å². The largest absolute Gasteiger partial charge is 0.342 e. The maximum Gasteiger partial charge on any atom is 0.230 e. The number of aromatic nitrogens is 2. The Kier molecular flexibility index (Phi) is 4.98. The molecule has 4 fully saturated rings. The van der Waals surface area contributed by atoms with Gasteiger partial charge in [-0.25, -0.2) is 0 Å². The maximum absolute atomic E-state index is 13.7. The zero-order valence-electron chi connectivity index (χ0n) is 18.3. The lowest BCUT2D eigenvalue weighted by molar-refractivity contribution is -0.143. The summed E-state index contributed by atoms with van der Waals surface area (Å²) in [5.41, 5.74) is 1.60. The van der Waals surface area contributed by atoms with Gasteiger partial charge in [-0.05, 0) is 69.5 Å². The number of aryl methyl sites for hydroxylation is 1. The highest BCUT2D eigenvalue weighted by atomic mass is 16.2. The number of carbonyl (C=O) groups excluding carboxylic acids is 1. The molecule has 1 aromatic rings. The highest BCUT2D eigenvalue weighted by Gasteiger charge is 2.64. The number of hydrogen-bond acceptors (Lipinski definition) is 4. The number of amides is 1. The zero-order valence-corrected chi connectivity index (χ0v) is 18.3. The first kappa shape index (κ1) is 19.6. The molecule has 1 spiro atoms. The van der Waals surface area contributed by atoms with Crippen LogP contribution in [0, 0.1) is 16.7 Å². The van der Waals surface area contributed by atoms with E-state index in [9.17, 15) is 4.79 Å². The summed E-state index contributed by atoms with van der Waals surface area (Å²) < 4.78 is 1.90. The van der Waals surface area contributed by atoms with Crippen LogP contribution in [0.2, 0.25) is 0 Å². The Labute approximate surface area is 175 Å². The molecular weight excluding hydrogens is 362 g/mol. The molecule has 1 aliphatic carbocycles. The van der Waals surface area contributed by atoms with Crippen molar-refractivity contribution in [3.05, 3.63) is 18.0 Å². The fourth-order valence-electron chi connectivity index (χ4n) is 7.05. The molecule has 0 aromatic carbocycles. The molecule has 4 heterocycles. The molecule has 6 heteroatoms. The van der Waals surface area contributed by atoms with E-state index in [0.717, 1.165) is 58.8 Å². The minimum absolute atomic E-state index is 0.0914. The van der Waals surface area contributed by atoms with Crippen LogP contribution in [0.15, 0.2) is 12.4 Å². The smallest absolute Gasteiger partial charge is 0.230 e. The van der Waals surface area contributed by atoms with Gasteiger partial charge in [-0.3, -0.25) is 14.4 Å². The monoisotopic (exact) mass is 399 g/mol. The maximum atomic E-state index is 13.7. The van der Waals surface area contributed by atoms with Crippen molar-refractivity contribution in [2.45, 2.75) is 52.0 Å². The fraction of sp³-hybridized carbons (Fsp3) is 0.826. The van der Waals surface area contributed by atoms with Crippen LogP contribution >= 0.6 is 0 Å². The van der Waals surface area contributed by atoms with E-state index in [1.54, 1.807) is 0 Å². The summed E-state index contributed by atoms with van der Waals surface area (Å²) in [6, 6.07) is 0. The Hall–Kier alpha value is -1.40. The minimum Gasteiger partial charge on any atom is -0.342 e. The molecule has 0 N–H and O–H groups in total. The van der Waals surface area contributed by atoms with Crippen LogP contribution in [0.5, 0.6) is 0 Å². The second kappa shape index (κ2) is 7.38. The average molecular weight is 400 g/mol. The third kappa shape index (κ3) is 3.23. The standard InChI is InChI=1S/C23H37N5O/c1-3-26-17-20-22(6-7-23(20,18-26)21(29)28-10-4-5-11-28)8-12-27(13-9-22)16-19-14-24-25(2)15-19/h14-15,20H,3-13,16-18H2,1-2H3/t20-,23+/m0/s1. The van der Waals surface area contributed by atoms with Gasteiger partial charge in [0, 0.05) is 51.5 Å². The van der Waals surface area contributed by atoms with E-state index >= 15 is 0 Å². The molecule has 1 amide bonds. The Bertz CT molecular complexity index is 746. The number of piperidine rings is 1. The number of rotatable bonds is 4. The van der Waals surface area contributed by atoms with Crippen molar-refractivity contribution in [3.63, 3.8) is 0 Å². The van der Waals surface area contributed by atoms with Crippen LogP contribution in [0.25, 0.3) is 0 Å². The highest BCUT2D eigenvalue weighted by molar-refractivity contribution is 5.84. The Morgan fingerprint density at radius 3 is 2.52 bits per heavy atom. The molecule has 160 valence electrons. The van der Waals surface area contributed by atoms with Gasteiger partial charge in [0.1, 0.15) is 0 Å². The summed E-state index contributed by atoms with van der Waals surface area (Å²) in [5.74, 6) is 1.06. The van der Waals surface area contributed by atoms with Crippen LogP contribution in [0.4, 0.5) is 0 Å². The Balaban J connectivity index is 1.32. The zero-order chi connectivity index (χ0) is 20.1. The summed E-state index contributed by atoms with van der Waals surface area (Å²) in [6.07, 6.45) is 11.4. The molecule has 29 heavy (non-hydrogen) atoms. The summed E-state index contributed by atoms with van der Waals surface area (Å²) in [6.45, 7) is 10.8. The summed E-state index contributed by atoms with van der Waals surface area (Å²) in [5, 5.41) is 4.32. The SMILES string of the molecule is CCN1C[C@H]2C3(CCN(Cc4cnn(C)c4)CC3)CC[C@@]2(C(=O)N2CCCC2)C1. The predicted molar refractivity (Wildman–Crippen MR) is 113 cm³/mol. The van der Waals surface area contributed by atoms with E-state index in [0.29, 0.717) is 17.2 Å². The summed E-state index contributed by atoms with van der Waals surface area (Å²) in [4.78, 5) is 21.1. The van der Waals surface area contributed by atoms with E-state index < -0.39 is 0 Å². The van der Waals surface area contributed by atoms with Crippen molar-refractivity contribution in [1.82, 2.24) is 24.5 Å². The minimum atomic E-state index is -0.0914. The van der Waals surface area contributed by atoms with E-state index in [1.807, 2.05) is 17.9 Å². The molecular formula is C23H37N5O. The van der Waals surface area contributed by atoms with Crippen LogP contribution in [-0.4, -0.2) is 76.2 Å². The van der Waals surface area contributed by atoms with Gasteiger partial charge in [-0.2, -0.15) is 5.10 Å². The van der Waals surface area contributed by atoms with E-state index in [2.05, 4.69) is 32.9 Å². The fourth-order valence-corrected chi connectivity index (χ4v) is 7.05. The summed E-state index contributed by atoms with van der Waals surface area (Å²) in [7, 11) is 1.99. The molecule has 1 saturated carbocycles. The first-order valence-corrected chi connectivity index (χ1v) is 11.8. The van der Waals surface area contributed by atoms with Gasteiger partial charge >= 0.3 is 0 Å².